The van der Waals surface area contributed by atoms with Gasteiger partial charge in [0.05, 0.1) is 6.61 Å². The van der Waals surface area contributed by atoms with Crippen LogP contribution in [0.5, 0.6) is 5.75 Å². The fourth-order valence-electron chi connectivity index (χ4n) is 2.07. The van der Waals surface area contributed by atoms with Gasteiger partial charge in [-0.3, -0.25) is 0 Å². The molecule has 0 aliphatic carbocycles. The second kappa shape index (κ2) is 7.97. The smallest absolute Gasteiger partial charge is 0.119 e. The highest BCUT2D eigenvalue weighted by Gasteiger charge is 2.09. The molecule has 102 valence electrons. The van der Waals surface area contributed by atoms with E-state index in [0.717, 1.165) is 31.7 Å². The summed E-state index contributed by atoms with van der Waals surface area (Å²) in [6.07, 6.45) is 2.12. The fraction of sp³-hybridized carbons (Fsp3) is 0.375. The molecule has 0 saturated heterocycles. The van der Waals surface area contributed by atoms with Crippen LogP contribution in [0.4, 0.5) is 0 Å². The zero-order valence-corrected chi connectivity index (χ0v) is 12.2. The number of rotatable bonds is 8. The lowest BCUT2D eigenvalue weighted by molar-refractivity contribution is 0.286. The second-order valence-electron chi connectivity index (χ2n) is 4.49. The Bertz CT molecular complexity index is 441. The summed E-state index contributed by atoms with van der Waals surface area (Å²) in [5.74, 6) is 0.953. The molecule has 2 rings (SSSR count). The van der Waals surface area contributed by atoms with Gasteiger partial charge in [-0.25, -0.2) is 0 Å². The predicted octanol–water partition coefficient (Wildman–Crippen LogP) is 3.74. The first-order valence-electron chi connectivity index (χ1n) is 6.82. The van der Waals surface area contributed by atoms with Gasteiger partial charge >= 0.3 is 0 Å². The topological polar surface area (TPSA) is 21.3 Å². The lowest BCUT2D eigenvalue weighted by atomic mass is 10.1. The van der Waals surface area contributed by atoms with Crippen molar-refractivity contribution in [3.05, 3.63) is 52.7 Å². The van der Waals surface area contributed by atoms with Crippen LogP contribution in [-0.4, -0.2) is 19.2 Å². The van der Waals surface area contributed by atoms with Crippen molar-refractivity contribution in [1.29, 1.82) is 0 Å². The number of likely N-dealkylation sites (N-methyl/N-ethyl adjacent to an activating group) is 1. The standard InChI is InChI=1S/C16H21NOS/c1-2-17-14(13-16-9-6-12-19-16)10-11-18-15-7-4-3-5-8-15/h3-9,12,14,17H,2,10-11,13H2,1H3. The van der Waals surface area contributed by atoms with E-state index in [0.29, 0.717) is 6.04 Å². The Balaban J connectivity index is 1.77. The average molecular weight is 275 g/mol. The lowest BCUT2D eigenvalue weighted by Gasteiger charge is -2.17. The van der Waals surface area contributed by atoms with Crippen LogP contribution in [0.25, 0.3) is 0 Å². The molecular formula is C16H21NOS. The van der Waals surface area contributed by atoms with Crippen LogP contribution >= 0.6 is 11.3 Å². The minimum absolute atomic E-state index is 0.493. The first-order chi connectivity index (χ1) is 9.38. The summed E-state index contributed by atoms with van der Waals surface area (Å²) in [4.78, 5) is 1.44. The van der Waals surface area contributed by atoms with Gasteiger partial charge in [-0.1, -0.05) is 31.2 Å². The second-order valence-corrected chi connectivity index (χ2v) is 5.52. The van der Waals surface area contributed by atoms with Crippen molar-refractivity contribution in [1.82, 2.24) is 5.32 Å². The van der Waals surface area contributed by atoms with E-state index >= 15 is 0 Å². The van der Waals surface area contributed by atoms with Crippen molar-refractivity contribution in [2.45, 2.75) is 25.8 Å². The maximum absolute atomic E-state index is 5.77. The van der Waals surface area contributed by atoms with Gasteiger partial charge in [0.2, 0.25) is 0 Å². The van der Waals surface area contributed by atoms with Gasteiger partial charge in [-0.15, -0.1) is 11.3 Å². The number of hydrogen-bond acceptors (Lipinski definition) is 3. The summed E-state index contributed by atoms with van der Waals surface area (Å²) >= 11 is 1.83. The van der Waals surface area contributed by atoms with Crippen molar-refractivity contribution in [2.75, 3.05) is 13.2 Å². The molecule has 3 heteroatoms. The minimum atomic E-state index is 0.493. The fourth-order valence-corrected chi connectivity index (χ4v) is 2.86. The summed E-state index contributed by atoms with van der Waals surface area (Å²) in [6.45, 7) is 3.91. The van der Waals surface area contributed by atoms with Crippen molar-refractivity contribution in [3.8, 4) is 5.75 Å². The number of nitrogens with one attached hydrogen (secondary N) is 1. The molecule has 1 atom stereocenters. The van der Waals surface area contributed by atoms with Gasteiger partial charge in [-0.05, 0) is 43.0 Å². The monoisotopic (exact) mass is 275 g/mol. The molecule has 0 bridgehead atoms. The minimum Gasteiger partial charge on any atom is -0.494 e. The van der Waals surface area contributed by atoms with Crippen LogP contribution < -0.4 is 10.1 Å². The van der Waals surface area contributed by atoms with Gasteiger partial charge in [0.25, 0.3) is 0 Å². The highest BCUT2D eigenvalue weighted by molar-refractivity contribution is 7.09. The molecule has 2 aromatic rings. The normalized spacial score (nSPS) is 12.3. The van der Waals surface area contributed by atoms with E-state index in [1.165, 1.54) is 4.88 Å². The van der Waals surface area contributed by atoms with Crippen LogP contribution in [0.2, 0.25) is 0 Å². The Labute approximate surface area is 119 Å². The Morgan fingerprint density at radius 1 is 1.16 bits per heavy atom. The van der Waals surface area contributed by atoms with Crippen LogP contribution in [-0.2, 0) is 6.42 Å². The van der Waals surface area contributed by atoms with Crippen molar-refractivity contribution in [3.63, 3.8) is 0 Å². The van der Waals surface area contributed by atoms with Crippen LogP contribution in [0.3, 0.4) is 0 Å². The number of thiophene rings is 1. The quantitative estimate of drug-likeness (QED) is 0.792. The van der Waals surface area contributed by atoms with Gasteiger partial charge in [0.1, 0.15) is 5.75 Å². The largest absolute Gasteiger partial charge is 0.494 e. The number of benzene rings is 1. The van der Waals surface area contributed by atoms with Crippen LogP contribution in [0.1, 0.15) is 18.2 Å². The number of ether oxygens (including phenoxy) is 1. The molecule has 1 heterocycles. The molecule has 1 N–H and O–H groups in total. The lowest BCUT2D eigenvalue weighted by Crippen LogP contribution is -2.32. The first-order valence-corrected chi connectivity index (χ1v) is 7.70. The SMILES string of the molecule is CCNC(CCOc1ccccc1)Cc1cccs1. The van der Waals surface area contributed by atoms with Gasteiger partial charge in [0, 0.05) is 10.9 Å². The molecule has 0 aliphatic heterocycles. The number of para-hydroxylation sites is 1. The Morgan fingerprint density at radius 2 is 2.00 bits per heavy atom. The molecule has 1 unspecified atom stereocenters. The average Bonchev–Trinajstić information content (AvgIpc) is 2.93. The van der Waals surface area contributed by atoms with E-state index in [-0.39, 0.29) is 0 Å². The van der Waals surface area contributed by atoms with E-state index in [1.807, 2.05) is 41.7 Å². The first kappa shape index (κ1) is 14.1. The molecule has 0 aliphatic rings. The zero-order valence-electron chi connectivity index (χ0n) is 11.3. The molecule has 19 heavy (non-hydrogen) atoms. The van der Waals surface area contributed by atoms with Crippen molar-refractivity contribution >= 4 is 11.3 Å². The Hall–Kier alpha value is -1.32. The highest BCUT2D eigenvalue weighted by atomic mass is 32.1. The predicted molar refractivity (Wildman–Crippen MR) is 82.0 cm³/mol. The van der Waals surface area contributed by atoms with Crippen molar-refractivity contribution < 1.29 is 4.74 Å². The maximum Gasteiger partial charge on any atom is 0.119 e. The zero-order chi connectivity index (χ0) is 13.3. The van der Waals surface area contributed by atoms with E-state index in [4.69, 9.17) is 4.74 Å². The third-order valence-electron chi connectivity index (χ3n) is 3.00. The summed E-state index contributed by atoms with van der Waals surface area (Å²) in [7, 11) is 0. The summed E-state index contributed by atoms with van der Waals surface area (Å²) in [5.41, 5.74) is 0. The number of hydrogen-bond donors (Lipinski definition) is 1. The van der Waals surface area contributed by atoms with Gasteiger partial charge < -0.3 is 10.1 Å². The van der Waals surface area contributed by atoms with E-state index in [1.54, 1.807) is 0 Å². The van der Waals surface area contributed by atoms with E-state index in [2.05, 4.69) is 29.8 Å². The molecule has 0 radical (unpaired) electrons. The molecule has 0 amide bonds. The maximum atomic E-state index is 5.77. The molecule has 2 nitrogen and oxygen atoms in total. The molecular weight excluding hydrogens is 254 g/mol. The molecule has 1 aromatic heterocycles. The summed E-state index contributed by atoms with van der Waals surface area (Å²) in [6, 6.07) is 14.8. The van der Waals surface area contributed by atoms with Gasteiger partial charge in [-0.2, -0.15) is 0 Å². The van der Waals surface area contributed by atoms with Crippen LogP contribution in [0, 0.1) is 0 Å². The van der Waals surface area contributed by atoms with Crippen LogP contribution in [0.15, 0.2) is 47.8 Å². The van der Waals surface area contributed by atoms with Gasteiger partial charge in [0.15, 0.2) is 0 Å². The summed E-state index contributed by atoms with van der Waals surface area (Å²) < 4.78 is 5.77. The third kappa shape index (κ3) is 5.05. The molecule has 0 fully saturated rings. The Morgan fingerprint density at radius 3 is 2.68 bits per heavy atom. The molecule has 0 saturated carbocycles. The highest BCUT2D eigenvalue weighted by Crippen LogP contribution is 2.14. The Kier molecular flexibility index (Phi) is 5.92. The van der Waals surface area contributed by atoms with E-state index < -0.39 is 0 Å². The third-order valence-corrected chi connectivity index (χ3v) is 3.90. The summed E-state index contributed by atoms with van der Waals surface area (Å²) in [5, 5.41) is 5.67. The molecule has 0 spiro atoms. The molecule has 1 aromatic carbocycles. The van der Waals surface area contributed by atoms with E-state index in [9.17, 15) is 0 Å². The van der Waals surface area contributed by atoms with Crippen molar-refractivity contribution in [2.24, 2.45) is 0 Å².